The number of benzene rings is 1. The zero-order valence-corrected chi connectivity index (χ0v) is 14.9. The summed E-state index contributed by atoms with van der Waals surface area (Å²) in [6.07, 6.45) is 7.73. The van der Waals surface area contributed by atoms with E-state index in [1.807, 2.05) is 23.1 Å². The molecular formula is C19H23NS2. The molecule has 1 saturated carbocycles. The minimum absolute atomic E-state index is 0.815. The van der Waals surface area contributed by atoms with Crippen molar-refractivity contribution in [1.29, 1.82) is 0 Å². The zero-order valence-electron chi connectivity index (χ0n) is 13.3. The molecule has 1 aromatic carbocycles. The van der Waals surface area contributed by atoms with E-state index in [9.17, 15) is 0 Å². The molecule has 0 amide bonds. The molecule has 4 rings (SSSR count). The highest BCUT2D eigenvalue weighted by Gasteiger charge is 2.35. The van der Waals surface area contributed by atoms with Crippen LogP contribution in [0.4, 0.5) is 0 Å². The van der Waals surface area contributed by atoms with E-state index in [2.05, 4.69) is 42.9 Å². The number of nitrogens with one attached hydrogen (secondary N) is 1. The highest BCUT2D eigenvalue weighted by molar-refractivity contribution is 7.98. The normalized spacial score (nSPS) is 24.5. The van der Waals surface area contributed by atoms with E-state index in [0.717, 1.165) is 18.4 Å². The lowest BCUT2D eigenvalue weighted by Crippen LogP contribution is -2.18. The van der Waals surface area contributed by atoms with Gasteiger partial charge >= 0.3 is 0 Å². The van der Waals surface area contributed by atoms with Crippen molar-refractivity contribution in [2.45, 2.75) is 30.6 Å². The fourth-order valence-corrected chi connectivity index (χ4v) is 5.97. The van der Waals surface area contributed by atoms with Crippen molar-refractivity contribution in [3.63, 3.8) is 0 Å². The van der Waals surface area contributed by atoms with Crippen molar-refractivity contribution in [3.05, 3.63) is 34.7 Å². The van der Waals surface area contributed by atoms with Crippen LogP contribution in [0.25, 0.3) is 15.7 Å². The molecule has 116 valence electrons. The number of allylic oxidation sites excluding steroid dienone is 1. The second-order valence-corrected chi connectivity index (χ2v) is 8.61. The van der Waals surface area contributed by atoms with Gasteiger partial charge < -0.3 is 5.32 Å². The fourth-order valence-electron chi connectivity index (χ4n) is 4.31. The van der Waals surface area contributed by atoms with Crippen LogP contribution in [0.2, 0.25) is 0 Å². The Labute approximate surface area is 141 Å². The molecule has 22 heavy (non-hydrogen) atoms. The highest BCUT2D eigenvalue weighted by Crippen LogP contribution is 2.50. The van der Waals surface area contributed by atoms with E-state index in [4.69, 9.17) is 0 Å². The number of thioether (sulfide) groups is 1. The topological polar surface area (TPSA) is 12.0 Å². The molecule has 1 fully saturated rings. The number of likely N-dealkylation sites (N-methyl/N-ethyl adjacent to an activating group) is 1. The largest absolute Gasteiger partial charge is 0.316 e. The maximum absolute atomic E-state index is 3.40. The predicted octanol–water partition coefficient (Wildman–Crippen LogP) is 5.42. The summed E-state index contributed by atoms with van der Waals surface area (Å²) in [7, 11) is 2.08. The van der Waals surface area contributed by atoms with Gasteiger partial charge in [-0.25, -0.2) is 0 Å². The van der Waals surface area contributed by atoms with Gasteiger partial charge in [-0.15, -0.1) is 23.1 Å². The average Bonchev–Trinajstić information content (AvgIpc) is 3.11. The molecule has 2 bridgehead atoms. The molecule has 2 aromatic rings. The minimum atomic E-state index is 0.815. The summed E-state index contributed by atoms with van der Waals surface area (Å²) in [5, 5.41) is 4.82. The number of thiophene rings is 1. The van der Waals surface area contributed by atoms with Crippen LogP contribution in [-0.4, -0.2) is 19.8 Å². The highest BCUT2D eigenvalue weighted by atomic mass is 32.2. The van der Waals surface area contributed by atoms with Crippen molar-refractivity contribution < 1.29 is 0 Å². The molecule has 0 radical (unpaired) electrons. The molecule has 2 atom stereocenters. The van der Waals surface area contributed by atoms with E-state index < -0.39 is 0 Å². The summed E-state index contributed by atoms with van der Waals surface area (Å²) in [4.78, 5) is 2.90. The van der Waals surface area contributed by atoms with Gasteiger partial charge in [-0.3, -0.25) is 0 Å². The van der Waals surface area contributed by atoms with Crippen LogP contribution in [0.3, 0.4) is 0 Å². The van der Waals surface area contributed by atoms with Gasteiger partial charge in [-0.05, 0) is 86.0 Å². The number of hydrogen-bond acceptors (Lipinski definition) is 3. The van der Waals surface area contributed by atoms with Crippen molar-refractivity contribution in [2.24, 2.45) is 11.8 Å². The van der Waals surface area contributed by atoms with Gasteiger partial charge in [0.1, 0.15) is 0 Å². The van der Waals surface area contributed by atoms with Crippen molar-refractivity contribution in [3.8, 4) is 0 Å². The molecule has 0 aliphatic heterocycles. The summed E-state index contributed by atoms with van der Waals surface area (Å²) in [5.74, 6) is 1.77. The van der Waals surface area contributed by atoms with Crippen LogP contribution < -0.4 is 5.32 Å². The van der Waals surface area contributed by atoms with Gasteiger partial charge in [-0.1, -0.05) is 5.57 Å². The van der Waals surface area contributed by atoms with Crippen molar-refractivity contribution >= 4 is 38.8 Å². The molecule has 1 N–H and O–H groups in total. The Bertz CT molecular complexity index is 728. The molecule has 1 aromatic heterocycles. The van der Waals surface area contributed by atoms with E-state index >= 15 is 0 Å². The SMILES string of the molecule is CNCC1=C(c2cc3cc(SC)ccc3s2)C2CCC(C1)C2. The standard InChI is InChI=1S/C19H23NS2/c1-20-11-15-8-12-3-4-13(7-12)19(15)18-10-14-9-16(21-2)5-6-17(14)22-18/h5-6,9-10,12-13,20H,3-4,7-8,11H2,1-2H3. The Balaban J connectivity index is 1.81. The summed E-state index contributed by atoms with van der Waals surface area (Å²) in [6.45, 7) is 1.06. The first-order valence-corrected chi connectivity index (χ1v) is 10.3. The monoisotopic (exact) mass is 329 g/mol. The molecule has 1 nitrogen and oxygen atoms in total. The first-order chi connectivity index (χ1) is 10.8. The lowest BCUT2D eigenvalue weighted by Gasteiger charge is -2.26. The lowest BCUT2D eigenvalue weighted by atomic mass is 9.82. The fraction of sp³-hybridized carbons (Fsp3) is 0.474. The number of fused-ring (bicyclic) bond motifs is 3. The summed E-state index contributed by atoms with van der Waals surface area (Å²) in [5.41, 5.74) is 3.37. The second-order valence-electron chi connectivity index (χ2n) is 6.64. The van der Waals surface area contributed by atoms with Crippen molar-refractivity contribution in [1.82, 2.24) is 5.32 Å². The molecule has 2 aliphatic carbocycles. The Morgan fingerprint density at radius 2 is 2.18 bits per heavy atom. The summed E-state index contributed by atoms with van der Waals surface area (Å²) < 4.78 is 1.43. The molecule has 3 heteroatoms. The van der Waals surface area contributed by atoms with E-state index in [1.54, 1.807) is 11.1 Å². The molecular weight excluding hydrogens is 306 g/mol. The van der Waals surface area contributed by atoms with Gasteiger partial charge in [0, 0.05) is 21.0 Å². The smallest absolute Gasteiger partial charge is 0.0350 e. The van der Waals surface area contributed by atoms with Gasteiger partial charge in [-0.2, -0.15) is 0 Å². The van der Waals surface area contributed by atoms with E-state index in [0.29, 0.717) is 0 Å². The number of hydrogen-bond donors (Lipinski definition) is 1. The summed E-state index contributed by atoms with van der Waals surface area (Å²) in [6, 6.07) is 9.35. The van der Waals surface area contributed by atoms with Gasteiger partial charge in [0.05, 0.1) is 0 Å². The van der Waals surface area contributed by atoms with Crippen LogP contribution in [0.1, 0.15) is 30.6 Å². The van der Waals surface area contributed by atoms with Crippen LogP contribution in [0.5, 0.6) is 0 Å². The van der Waals surface area contributed by atoms with E-state index in [-0.39, 0.29) is 0 Å². The maximum Gasteiger partial charge on any atom is 0.0350 e. The second kappa shape index (κ2) is 6.03. The molecule has 1 heterocycles. The Kier molecular flexibility index (Phi) is 4.05. The van der Waals surface area contributed by atoms with Crippen LogP contribution >= 0.6 is 23.1 Å². The minimum Gasteiger partial charge on any atom is -0.316 e. The van der Waals surface area contributed by atoms with Gasteiger partial charge in [0.2, 0.25) is 0 Å². The van der Waals surface area contributed by atoms with Crippen LogP contribution in [0.15, 0.2) is 34.7 Å². The summed E-state index contributed by atoms with van der Waals surface area (Å²) >= 11 is 3.83. The first-order valence-electron chi connectivity index (χ1n) is 8.23. The van der Waals surface area contributed by atoms with Crippen molar-refractivity contribution in [2.75, 3.05) is 19.8 Å². The molecule has 2 aliphatic rings. The third kappa shape index (κ3) is 2.53. The third-order valence-electron chi connectivity index (χ3n) is 5.24. The number of rotatable bonds is 4. The van der Waals surface area contributed by atoms with E-state index in [1.165, 1.54) is 45.5 Å². The van der Waals surface area contributed by atoms with Crippen LogP contribution in [0, 0.1) is 11.8 Å². The molecule has 0 spiro atoms. The predicted molar refractivity (Wildman–Crippen MR) is 99.9 cm³/mol. The molecule has 0 saturated heterocycles. The third-order valence-corrected chi connectivity index (χ3v) is 7.12. The Morgan fingerprint density at radius 1 is 1.27 bits per heavy atom. The zero-order chi connectivity index (χ0) is 15.1. The Hall–Kier alpha value is -0.770. The van der Waals surface area contributed by atoms with Gasteiger partial charge in [0.25, 0.3) is 0 Å². The van der Waals surface area contributed by atoms with Gasteiger partial charge in [0.15, 0.2) is 0 Å². The lowest BCUT2D eigenvalue weighted by molar-refractivity contribution is 0.503. The first kappa shape index (κ1) is 14.8. The Morgan fingerprint density at radius 3 is 3.00 bits per heavy atom. The average molecular weight is 330 g/mol. The molecule has 2 unspecified atom stereocenters. The quantitative estimate of drug-likeness (QED) is 0.752. The maximum atomic E-state index is 3.40. The van der Waals surface area contributed by atoms with Crippen LogP contribution in [-0.2, 0) is 0 Å².